The molecule has 114 heavy (non-hydrogen) atoms. The van der Waals surface area contributed by atoms with Gasteiger partial charge in [0.1, 0.15) is 82.5 Å². The highest BCUT2D eigenvalue weighted by molar-refractivity contribution is 9.09. The molecule has 0 radical (unpaired) electrons. The number of alkyl carbamates (subject to hydrolysis) is 2. The fourth-order valence-corrected chi connectivity index (χ4v) is 17.2. The normalized spacial score (nSPS) is 25.7. The second kappa shape index (κ2) is 38.9. The molecule has 27 nitrogen and oxygen atoms in total. The lowest BCUT2D eigenvalue weighted by molar-refractivity contribution is -0.148. The molecule has 0 spiro atoms. The maximum absolute atomic E-state index is 14.6. The number of allylic oxidation sites excluding steroid dienone is 2. The molecule has 10 atom stereocenters. The van der Waals surface area contributed by atoms with Crippen LogP contribution in [0.25, 0.3) is 33.2 Å². The number of nitrogens with two attached hydrogens (primary N) is 1. The Kier molecular flexibility index (Phi) is 29.0. The van der Waals surface area contributed by atoms with Crippen molar-refractivity contribution in [1.29, 1.82) is 0 Å². The lowest BCUT2D eigenvalue weighted by Gasteiger charge is -2.29. The van der Waals surface area contributed by atoms with E-state index in [2.05, 4.69) is 76.9 Å². The van der Waals surface area contributed by atoms with Crippen LogP contribution in [-0.2, 0) is 47.7 Å². The van der Waals surface area contributed by atoms with Crippen molar-refractivity contribution in [3.05, 3.63) is 95.0 Å². The molecule has 4 aliphatic carbocycles. The maximum Gasteiger partial charge on any atom is 0.408 e. The summed E-state index contributed by atoms with van der Waals surface area (Å²) in [6.07, 6.45) is 31.8. The van der Waals surface area contributed by atoms with Crippen LogP contribution in [0.3, 0.4) is 0 Å². The number of amides is 6. The number of benzene rings is 2. The van der Waals surface area contributed by atoms with Crippen molar-refractivity contribution in [1.82, 2.24) is 51.3 Å². The van der Waals surface area contributed by atoms with Gasteiger partial charge in [0.15, 0.2) is 16.0 Å². The number of Topliss-reactive ketones (excluding diaryl/α,β-unsaturated/α-hetero) is 1. The molecule has 3 aromatic heterocycles. The first-order valence-corrected chi connectivity index (χ1v) is 42.0. The third-order valence-electron chi connectivity index (χ3n) is 21.8. The third kappa shape index (κ3) is 21.0. The number of thiocarbonyl (C=S) groups is 1. The van der Waals surface area contributed by atoms with E-state index >= 15 is 0 Å². The minimum absolute atomic E-state index is 0.00168. The van der Waals surface area contributed by atoms with Gasteiger partial charge in [-0.1, -0.05) is 89.9 Å². The number of methoxy groups -OCH3 is 2. The van der Waals surface area contributed by atoms with Crippen molar-refractivity contribution < 1.29 is 71.6 Å². The Morgan fingerprint density at radius 3 is 1.53 bits per heavy atom. The largest absolute Gasteiger partial charge is 0.488 e. The zero-order valence-corrected chi connectivity index (χ0v) is 68.6. The van der Waals surface area contributed by atoms with Crippen LogP contribution in [0.2, 0.25) is 0 Å². The van der Waals surface area contributed by atoms with Crippen molar-refractivity contribution in [2.75, 3.05) is 38.0 Å². The number of ketones is 1. The Labute approximate surface area is 682 Å². The summed E-state index contributed by atoms with van der Waals surface area (Å²) in [5.74, 6) is 2.45. The van der Waals surface area contributed by atoms with Crippen molar-refractivity contribution in [2.45, 2.75) is 241 Å². The second-order valence-electron chi connectivity index (χ2n) is 30.9. The number of para-hydroxylation sites is 2. The molecule has 608 valence electrons. The molecule has 2 aromatic carbocycles. The molecule has 0 bridgehead atoms. The molecule has 13 rings (SSSR count). The number of rotatable bonds is 16. The number of aromatic nitrogens is 3. The van der Waals surface area contributed by atoms with Crippen molar-refractivity contribution in [3.63, 3.8) is 0 Å². The van der Waals surface area contributed by atoms with Gasteiger partial charge in [-0.15, -0.1) is 24.2 Å². The molecule has 2 saturated heterocycles. The molecule has 8 aliphatic rings. The maximum atomic E-state index is 14.6. The topological polar surface area (TPSA) is 352 Å². The number of hydrogen-bond acceptors (Lipinski definition) is 21. The zero-order valence-electron chi connectivity index (χ0n) is 65.4. The molecule has 6 fully saturated rings. The number of ether oxygens (including phenoxy) is 6. The lowest BCUT2D eigenvalue weighted by atomic mass is 10.0. The minimum atomic E-state index is -1.24. The number of pyridine rings is 2. The van der Waals surface area contributed by atoms with Crippen LogP contribution in [0.5, 0.6) is 11.5 Å². The zero-order chi connectivity index (χ0) is 81.4. The molecule has 6 amide bonds. The first kappa shape index (κ1) is 85.0. The first-order valence-electron chi connectivity index (χ1n) is 39.6. The number of fused-ring (bicyclic) bond motifs is 6. The van der Waals surface area contributed by atoms with Gasteiger partial charge in [-0.2, -0.15) is 0 Å². The Hall–Kier alpha value is -9.91. The van der Waals surface area contributed by atoms with E-state index in [0.717, 1.165) is 95.0 Å². The van der Waals surface area contributed by atoms with Crippen molar-refractivity contribution >= 4 is 125 Å². The predicted octanol–water partition coefficient (Wildman–Crippen LogP) is 11.1. The number of halogens is 1. The first-order chi connectivity index (χ1) is 54.9. The van der Waals surface area contributed by atoms with E-state index in [1.807, 2.05) is 81.6 Å². The summed E-state index contributed by atoms with van der Waals surface area (Å²) in [6.45, 7) is 8.10. The molecule has 4 saturated carbocycles. The van der Waals surface area contributed by atoms with Gasteiger partial charge in [-0.25, -0.2) is 34.1 Å². The number of carbonyl (C=O) groups is 9. The number of carbonyl (C=O) groups excluding carboxylic acids is 9. The summed E-state index contributed by atoms with van der Waals surface area (Å²) in [4.78, 5) is 140. The summed E-state index contributed by atoms with van der Waals surface area (Å²) < 4.78 is 34.9. The highest BCUT2D eigenvalue weighted by Crippen LogP contribution is 2.48. The van der Waals surface area contributed by atoms with Crippen LogP contribution in [0, 0.1) is 36.5 Å². The van der Waals surface area contributed by atoms with Crippen LogP contribution in [0.1, 0.15) is 191 Å². The second-order valence-corrected chi connectivity index (χ2v) is 32.8. The number of nitrogens with one attached hydrogen (secondary N) is 6. The smallest absolute Gasteiger partial charge is 0.408 e. The fourth-order valence-electron chi connectivity index (χ4n) is 15.9. The van der Waals surface area contributed by atoms with Gasteiger partial charge in [0.2, 0.25) is 23.6 Å². The molecular formula is C84H103BrN12O15S2. The number of anilines is 1. The standard InChI is InChI=1S/C42H50N6O7S.C38H43BrN4O8.C4H10N2S/c1-5-26-14-13-18-30-35(21-32(44-36(26)30)33-24-56-40(45-33)43-25(2)3)54-29-20-34-37(49)47-42(39(51)53-4)22-27(42)15-9-7-6-8-10-19-31(38(50)48(34)23-29)46-41(52)55-28-16-11-12-17-28;1-3-23-12-11-16-27-32(19-29(31(44)21-39)40-33(23)27)50-26-18-30-34(45)42-38(36(47)49-2)20-24(38)13-7-5-4-6-8-17-28(35(46)43(30)22-26)41-37(48)51-25-14-9-10-15-25;1-3(2)6-4(5)7/h1,9,13-15,18,21,24-25,27-29,31,34H,6-8,10-12,16-17,19-20,22-23H2,2-4H3,(H,43,45)(H,46,52)(H,47,49);1,7,11-13,16,19,24-26,28,30H,4-6,8-10,14-15,17-18,20-22H2,2H3,(H,41,48)(H,42,45);3H,1-2H3,(H3,5,6,7)/b15-9-;13-7-;/t27?,29-,31+,34+,42-;24?,26-,28+,30+,38-;/m11./s1. The quantitative estimate of drug-likeness (QED) is 0.00917. The van der Waals surface area contributed by atoms with Gasteiger partial charge in [0, 0.05) is 65.0 Å². The van der Waals surface area contributed by atoms with E-state index in [4.69, 9.17) is 57.0 Å². The third-order valence-corrected chi connectivity index (χ3v) is 23.2. The number of hydrogen-bond donors (Lipinski definition) is 7. The summed E-state index contributed by atoms with van der Waals surface area (Å²) in [5.41, 5.74) is 6.05. The summed E-state index contributed by atoms with van der Waals surface area (Å²) in [6, 6.07) is 10.8. The number of esters is 2. The number of thiazole rings is 1. The highest BCUT2D eigenvalue weighted by atomic mass is 79.9. The van der Waals surface area contributed by atoms with Gasteiger partial charge in [-0.05, 0) is 167 Å². The highest BCUT2D eigenvalue weighted by Gasteiger charge is 2.63. The van der Waals surface area contributed by atoms with Crippen LogP contribution >= 0.6 is 39.5 Å². The van der Waals surface area contributed by atoms with E-state index in [1.54, 1.807) is 24.3 Å². The van der Waals surface area contributed by atoms with Crippen molar-refractivity contribution in [2.24, 2.45) is 17.6 Å². The van der Waals surface area contributed by atoms with Crippen LogP contribution < -0.4 is 47.1 Å². The van der Waals surface area contributed by atoms with E-state index < -0.39 is 95.2 Å². The van der Waals surface area contributed by atoms with Gasteiger partial charge in [-0.3, -0.25) is 24.0 Å². The fraction of sp³-hybridized carbons (Fsp3) is 0.536. The average Bonchev–Trinajstić information content (AvgIpc) is 1.59. The van der Waals surface area contributed by atoms with Crippen molar-refractivity contribution in [3.8, 4) is 47.6 Å². The van der Waals surface area contributed by atoms with E-state index in [0.29, 0.717) is 105 Å². The lowest BCUT2D eigenvalue weighted by Crippen LogP contribution is -2.56. The summed E-state index contributed by atoms with van der Waals surface area (Å²) >= 11 is 9.22. The van der Waals surface area contributed by atoms with Crippen LogP contribution in [0.4, 0.5) is 14.7 Å². The number of nitrogens with zero attached hydrogens (tertiary/aromatic N) is 5. The monoisotopic (exact) mass is 1660 g/mol. The molecule has 2 unspecified atom stereocenters. The van der Waals surface area contributed by atoms with E-state index in [9.17, 15) is 43.2 Å². The Balaban J connectivity index is 0.000000208. The number of alkyl halides is 1. The summed E-state index contributed by atoms with van der Waals surface area (Å²) in [7, 11) is 2.59. The van der Waals surface area contributed by atoms with Gasteiger partial charge >= 0.3 is 24.1 Å². The number of terminal acetylenes is 2. The Bertz CT molecular complexity index is 4550. The van der Waals surface area contributed by atoms with Gasteiger partial charge in [0.25, 0.3) is 0 Å². The van der Waals surface area contributed by atoms with Crippen LogP contribution in [0.15, 0.2) is 78.2 Å². The van der Waals surface area contributed by atoms with E-state index in [1.165, 1.54) is 35.4 Å². The molecule has 5 aromatic rings. The molecule has 4 aliphatic heterocycles. The van der Waals surface area contributed by atoms with Crippen LogP contribution in [-0.4, -0.2) is 188 Å². The predicted molar refractivity (Wildman–Crippen MR) is 439 cm³/mol. The summed E-state index contributed by atoms with van der Waals surface area (Å²) in [5, 5.41) is 22.1. The van der Waals surface area contributed by atoms with Gasteiger partial charge < -0.3 is 75.9 Å². The Morgan fingerprint density at radius 2 is 1.10 bits per heavy atom. The van der Waals surface area contributed by atoms with Gasteiger partial charge in [0.05, 0.1) is 60.5 Å². The Morgan fingerprint density at radius 1 is 0.632 bits per heavy atom. The SMILES string of the molecule is C#Cc1cccc2c(O[C@@H]3C[C@H]4C(=O)N[C@]5(C(=O)OC)CC5/C=C\CCCCC[C@H](NC(=O)OC5CCCC5)C(=O)N4C3)cc(-c3csc(NC(C)C)n3)nc12.C#Cc1cccc2c(O[C@@H]3C[C@H]4C(=O)N[C@]5(C(=O)OC)CC5/C=C\CCCCC[C@H](NC(=O)OC5CCCC5)C(=O)N4C3)cc(C(=O)CBr)nc12.CC(C)NC(N)=S. The molecule has 8 N–H and O–H groups in total. The molecular weight excluding hydrogens is 1560 g/mol. The van der Waals surface area contributed by atoms with E-state index in [-0.39, 0.29) is 72.8 Å². The molecule has 30 heteroatoms. The molecule has 7 heterocycles. The average molecular weight is 1660 g/mol. The minimum Gasteiger partial charge on any atom is -0.488 e.